The summed E-state index contributed by atoms with van der Waals surface area (Å²) < 4.78 is 38.4. The van der Waals surface area contributed by atoms with E-state index in [1.807, 2.05) is 0 Å². The number of benzene rings is 1. The first kappa shape index (κ1) is 15.7. The van der Waals surface area contributed by atoms with E-state index < -0.39 is 11.7 Å². The first-order valence-electron chi connectivity index (χ1n) is 6.69. The van der Waals surface area contributed by atoms with E-state index in [1.165, 1.54) is 17.8 Å². The van der Waals surface area contributed by atoms with Crippen molar-refractivity contribution in [3.05, 3.63) is 57.5 Å². The van der Waals surface area contributed by atoms with Gasteiger partial charge in [0.1, 0.15) is 11.0 Å². The molecule has 0 radical (unpaired) electrons. The minimum absolute atomic E-state index is 0.258. The van der Waals surface area contributed by atoms with Crippen molar-refractivity contribution >= 4 is 22.8 Å². The van der Waals surface area contributed by atoms with Crippen LogP contribution in [0.2, 0.25) is 0 Å². The molecule has 8 heteroatoms. The Kier molecular flexibility index (Phi) is 3.93. The van der Waals surface area contributed by atoms with Crippen LogP contribution in [0.5, 0.6) is 0 Å². The molecule has 2 N–H and O–H groups in total. The first-order chi connectivity index (χ1) is 10.9. The van der Waals surface area contributed by atoms with Gasteiger partial charge in [-0.1, -0.05) is 30.0 Å². The summed E-state index contributed by atoms with van der Waals surface area (Å²) in [5, 5.41) is 0.465. The Morgan fingerprint density at radius 1 is 1.30 bits per heavy atom. The molecule has 2 heterocycles. The van der Waals surface area contributed by atoms with Crippen LogP contribution in [0.4, 0.5) is 13.2 Å². The second-order valence-corrected chi connectivity index (χ2v) is 5.78. The van der Waals surface area contributed by atoms with E-state index in [4.69, 9.17) is 0 Å². The zero-order chi connectivity index (χ0) is 16.6. The maximum absolute atomic E-state index is 12.8. The summed E-state index contributed by atoms with van der Waals surface area (Å²) in [7, 11) is 0. The van der Waals surface area contributed by atoms with Gasteiger partial charge in [-0.2, -0.15) is 13.2 Å². The van der Waals surface area contributed by atoms with Crippen LogP contribution in [0.3, 0.4) is 0 Å². The predicted octanol–water partition coefficient (Wildman–Crippen LogP) is 3.58. The number of aromatic nitrogens is 3. The highest BCUT2D eigenvalue weighted by Crippen LogP contribution is 2.30. The Bertz CT molecular complexity index is 914. The van der Waals surface area contributed by atoms with E-state index in [1.54, 1.807) is 18.5 Å². The van der Waals surface area contributed by atoms with Crippen molar-refractivity contribution in [2.45, 2.75) is 17.8 Å². The highest BCUT2D eigenvalue weighted by molar-refractivity contribution is 7.98. The smallest absolute Gasteiger partial charge is 0.355 e. The van der Waals surface area contributed by atoms with E-state index in [9.17, 15) is 18.0 Å². The molecule has 0 aliphatic carbocycles. The molecule has 0 saturated heterocycles. The molecule has 0 aliphatic rings. The second-order valence-electron chi connectivity index (χ2n) is 4.99. The number of nitrogens with one attached hydrogen (secondary N) is 2. The summed E-state index contributed by atoms with van der Waals surface area (Å²) in [5.74, 6) is 0. The summed E-state index contributed by atoms with van der Waals surface area (Å²) in [5.41, 5.74) is 1.01. The third kappa shape index (κ3) is 3.12. The number of aromatic amines is 2. The van der Waals surface area contributed by atoms with E-state index in [0.717, 1.165) is 12.1 Å². The largest absolute Gasteiger partial charge is 0.416 e. The van der Waals surface area contributed by atoms with E-state index in [-0.39, 0.29) is 12.0 Å². The fourth-order valence-electron chi connectivity index (χ4n) is 2.36. The zero-order valence-electron chi connectivity index (χ0n) is 12.0. The molecule has 0 amide bonds. The molecule has 0 aliphatic heterocycles. The molecular formula is C15H12F3N3OS. The van der Waals surface area contributed by atoms with Gasteiger partial charge in [0.15, 0.2) is 5.16 Å². The molecule has 0 spiro atoms. The topological polar surface area (TPSA) is 61.5 Å². The Hall–Kier alpha value is -2.22. The van der Waals surface area contributed by atoms with Crippen LogP contribution in [0.25, 0.3) is 11.0 Å². The summed E-state index contributed by atoms with van der Waals surface area (Å²) >= 11 is 1.29. The molecule has 3 rings (SSSR count). The lowest BCUT2D eigenvalue weighted by atomic mass is 10.0. The van der Waals surface area contributed by atoms with E-state index >= 15 is 0 Å². The van der Waals surface area contributed by atoms with Crippen LogP contribution in [-0.2, 0) is 12.6 Å². The average molecular weight is 339 g/mol. The summed E-state index contributed by atoms with van der Waals surface area (Å²) in [6.07, 6.45) is -0.730. The van der Waals surface area contributed by atoms with Crippen molar-refractivity contribution in [1.29, 1.82) is 0 Å². The third-order valence-electron chi connectivity index (χ3n) is 3.43. The number of alkyl halides is 3. The normalized spacial score (nSPS) is 12.0. The van der Waals surface area contributed by atoms with Gasteiger partial charge in [-0.15, -0.1) is 0 Å². The van der Waals surface area contributed by atoms with Gasteiger partial charge in [-0.3, -0.25) is 9.78 Å². The van der Waals surface area contributed by atoms with Gasteiger partial charge >= 0.3 is 6.18 Å². The number of hydrogen-bond acceptors (Lipinski definition) is 3. The predicted molar refractivity (Wildman–Crippen MR) is 82.7 cm³/mol. The molecule has 2 aromatic heterocycles. The van der Waals surface area contributed by atoms with E-state index in [0.29, 0.717) is 27.3 Å². The van der Waals surface area contributed by atoms with Gasteiger partial charge in [-0.05, 0) is 17.9 Å². The quantitative estimate of drug-likeness (QED) is 0.566. The average Bonchev–Trinajstić information content (AvgIpc) is 2.90. The van der Waals surface area contributed by atoms with Crippen LogP contribution in [0.15, 0.2) is 40.4 Å². The van der Waals surface area contributed by atoms with Gasteiger partial charge < -0.3 is 4.98 Å². The zero-order valence-corrected chi connectivity index (χ0v) is 12.8. The van der Waals surface area contributed by atoms with Crippen molar-refractivity contribution < 1.29 is 13.2 Å². The number of nitrogens with zero attached hydrogens (tertiary/aromatic N) is 1. The van der Waals surface area contributed by atoms with Crippen molar-refractivity contribution in [1.82, 2.24) is 15.0 Å². The van der Waals surface area contributed by atoms with Crippen LogP contribution < -0.4 is 5.56 Å². The SMILES string of the molecule is CSc1nc2c(Cc3cccc(C(F)(F)F)c3)c[nH]c2c(=O)[nH]1. The molecule has 0 fully saturated rings. The molecule has 0 saturated carbocycles. The summed E-state index contributed by atoms with van der Waals surface area (Å²) in [6, 6.07) is 5.15. The minimum Gasteiger partial charge on any atom is -0.355 e. The fraction of sp³-hybridized carbons (Fsp3) is 0.200. The Morgan fingerprint density at radius 3 is 2.78 bits per heavy atom. The van der Waals surface area contributed by atoms with Crippen molar-refractivity contribution in [2.24, 2.45) is 0 Å². The lowest BCUT2D eigenvalue weighted by Gasteiger charge is -2.08. The second kappa shape index (κ2) is 5.77. The number of rotatable bonds is 3. The van der Waals surface area contributed by atoms with Crippen LogP contribution in [-0.4, -0.2) is 21.2 Å². The standard InChI is InChI=1S/C15H12F3N3OS/c1-23-14-20-11-9(7-19-12(11)13(22)21-14)5-8-3-2-4-10(6-8)15(16,17)18/h2-4,6-7,19H,5H2,1H3,(H,20,21,22). The maximum Gasteiger partial charge on any atom is 0.416 e. The van der Waals surface area contributed by atoms with E-state index in [2.05, 4.69) is 15.0 Å². The molecule has 1 aromatic carbocycles. The van der Waals surface area contributed by atoms with Crippen molar-refractivity contribution in [3.63, 3.8) is 0 Å². The third-order valence-corrected chi connectivity index (χ3v) is 4.01. The number of H-pyrrole nitrogens is 2. The summed E-state index contributed by atoms with van der Waals surface area (Å²) in [4.78, 5) is 21.7. The minimum atomic E-state index is -4.38. The lowest BCUT2D eigenvalue weighted by Crippen LogP contribution is -2.09. The van der Waals surface area contributed by atoms with Gasteiger partial charge in [0, 0.05) is 18.2 Å². The van der Waals surface area contributed by atoms with Crippen LogP contribution in [0.1, 0.15) is 16.7 Å². The van der Waals surface area contributed by atoms with Gasteiger partial charge in [-0.25, -0.2) is 4.98 Å². The molecule has 3 aromatic rings. The maximum atomic E-state index is 12.8. The highest BCUT2D eigenvalue weighted by Gasteiger charge is 2.30. The number of fused-ring (bicyclic) bond motifs is 1. The fourth-order valence-corrected chi connectivity index (χ4v) is 2.73. The first-order valence-corrected chi connectivity index (χ1v) is 7.91. The van der Waals surface area contributed by atoms with Crippen LogP contribution in [0, 0.1) is 0 Å². The number of hydrogen-bond donors (Lipinski definition) is 2. The molecular weight excluding hydrogens is 327 g/mol. The number of halogens is 3. The Labute approximate surface area is 133 Å². The van der Waals surface area contributed by atoms with Gasteiger partial charge in [0.05, 0.1) is 5.56 Å². The Morgan fingerprint density at radius 2 is 2.09 bits per heavy atom. The van der Waals surface area contributed by atoms with Gasteiger partial charge in [0.2, 0.25) is 0 Å². The molecule has 120 valence electrons. The number of thioether (sulfide) groups is 1. The molecule has 4 nitrogen and oxygen atoms in total. The van der Waals surface area contributed by atoms with Gasteiger partial charge in [0.25, 0.3) is 5.56 Å². The lowest BCUT2D eigenvalue weighted by molar-refractivity contribution is -0.137. The molecule has 23 heavy (non-hydrogen) atoms. The molecule has 0 bridgehead atoms. The molecule has 0 atom stereocenters. The van der Waals surface area contributed by atoms with Crippen molar-refractivity contribution in [2.75, 3.05) is 6.26 Å². The van der Waals surface area contributed by atoms with Crippen molar-refractivity contribution in [3.8, 4) is 0 Å². The monoisotopic (exact) mass is 339 g/mol. The highest BCUT2D eigenvalue weighted by atomic mass is 32.2. The molecule has 0 unspecified atom stereocenters. The Balaban J connectivity index is 2.02. The van der Waals surface area contributed by atoms with Crippen LogP contribution >= 0.6 is 11.8 Å². The summed E-state index contributed by atoms with van der Waals surface area (Å²) in [6.45, 7) is 0.